The zero-order chi connectivity index (χ0) is 18.7. The van der Waals surface area contributed by atoms with Crippen LogP contribution in [0.4, 0.5) is 5.69 Å². The molecule has 2 N–H and O–H groups in total. The number of rotatable bonds is 3. The van der Waals surface area contributed by atoms with E-state index in [1.807, 2.05) is 0 Å². The number of carbonyl (C=O) groups excluding carboxylic acids is 1. The molecule has 0 aliphatic carbocycles. The van der Waals surface area contributed by atoms with Gasteiger partial charge in [-0.15, -0.1) is 0 Å². The highest BCUT2D eigenvalue weighted by atomic mass is 35.5. The number of thioether (sulfide) groups is 1. The van der Waals surface area contributed by atoms with Crippen molar-refractivity contribution in [3.63, 3.8) is 0 Å². The largest absolute Gasteiger partial charge is 0.507 e. The van der Waals surface area contributed by atoms with Crippen LogP contribution in [0.2, 0.25) is 5.02 Å². The van der Waals surface area contributed by atoms with Gasteiger partial charge in [0, 0.05) is 10.6 Å². The molecule has 0 saturated heterocycles. The molecule has 1 aliphatic heterocycles. The van der Waals surface area contributed by atoms with Crippen molar-refractivity contribution >= 4 is 46.1 Å². The SMILES string of the molecule is COC(=O)C1=C(O)/C(=C\c2ccccc2O)SC1=Nc1ccc(Cl)cc1. The van der Waals surface area contributed by atoms with Gasteiger partial charge < -0.3 is 14.9 Å². The summed E-state index contributed by atoms with van der Waals surface area (Å²) in [4.78, 5) is 16.9. The van der Waals surface area contributed by atoms with Gasteiger partial charge in [0.25, 0.3) is 0 Å². The number of hydrogen-bond acceptors (Lipinski definition) is 6. The van der Waals surface area contributed by atoms with Crippen molar-refractivity contribution in [1.29, 1.82) is 0 Å². The van der Waals surface area contributed by atoms with Crippen molar-refractivity contribution in [2.45, 2.75) is 0 Å². The molecule has 7 heteroatoms. The first-order chi connectivity index (χ1) is 12.5. The second-order valence-corrected chi connectivity index (χ2v) is 6.75. The third-order valence-corrected chi connectivity index (χ3v) is 4.83. The standard InChI is InChI=1S/C19H14ClNO4S/c1-25-19(24)16-17(23)15(10-11-4-2-3-5-14(11)22)26-18(16)21-13-8-6-12(20)7-9-13/h2-10,22-23H,1H3/b15-10+,21-18?. The first-order valence-corrected chi connectivity index (χ1v) is 8.73. The Morgan fingerprint density at radius 1 is 1.15 bits per heavy atom. The summed E-state index contributed by atoms with van der Waals surface area (Å²) in [6, 6.07) is 13.5. The van der Waals surface area contributed by atoms with Crippen LogP contribution in [-0.4, -0.2) is 28.3 Å². The molecule has 0 bridgehead atoms. The highest BCUT2D eigenvalue weighted by Crippen LogP contribution is 2.40. The number of aliphatic hydroxyl groups is 1. The normalized spacial score (nSPS) is 17.2. The number of benzene rings is 2. The Balaban J connectivity index is 2.06. The van der Waals surface area contributed by atoms with Crippen molar-refractivity contribution in [2.75, 3.05) is 7.11 Å². The summed E-state index contributed by atoms with van der Waals surface area (Å²) < 4.78 is 4.77. The summed E-state index contributed by atoms with van der Waals surface area (Å²) >= 11 is 6.99. The molecule has 26 heavy (non-hydrogen) atoms. The fourth-order valence-corrected chi connectivity index (χ4v) is 3.43. The van der Waals surface area contributed by atoms with Gasteiger partial charge in [0.2, 0.25) is 0 Å². The second-order valence-electron chi connectivity index (χ2n) is 5.28. The Labute approximate surface area is 159 Å². The minimum Gasteiger partial charge on any atom is -0.507 e. The molecule has 0 atom stereocenters. The van der Waals surface area contributed by atoms with E-state index in [9.17, 15) is 15.0 Å². The molecule has 1 aliphatic rings. The Bertz CT molecular complexity index is 948. The van der Waals surface area contributed by atoms with Gasteiger partial charge in [-0.1, -0.05) is 41.6 Å². The Hall–Kier alpha value is -2.70. The van der Waals surface area contributed by atoms with Gasteiger partial charge in [-0.2, -0.15) is 0 Å². The van der Waals surface area contributed by atoms with E-state index in [4.69, 9.17) is 16.3 Å². The molecule has 0 fully saturated rings. The highest BCUT2D eigenvalue weighted by Gasteiger charge is 2.33. The van der Waals surface area contributed by atoms with E-state index in [2.05, 4.69) is 4.99 Å². The summed E-state index contributed by atoms with van der Waals surface area (Å²) in [6.07, 6.45) is 1.59. The molecule has 5 nitrogen and oxygen atoms in total. The number of ether oxygens (including phenoxy) is 1. The number of carbonyl (C=O) groups is 1. The summed E-state index contributed by atoms with van der Waals surface area (Å²) in [5.74, 6) is -0.864. The number of hydrogen-bond donors (Lipinski definition) is 2. The molecule has 0 saturated carbocycles. The number of phenols is 1. The molecule has 0 spiro atoms. The monoisotopic (exact) mass is 387 g/mol. The average Bonchev–Trinajstić information content (AvgIpc) is 2.93. The molecule has 2 aromatic carbocycles. The van der Waals surface area contributed by atoms with Crippen LogP contribution in [0.15, 0.2) is 69.8 Å². The van der Waals surface area contributed by atoms with Crippen LogP contribution in [0.1, 0.15) is 5.56 Å². The lowest BCUT2D eigenvalue weighted by molar-refractivity contribution is -0.135. The predicted octanol–water partition coefficient (Wildman–Crippen LogP) is 4.85. The zero-order valence-electron chi connectivity index (χ0n) is 13.6. The van der Waals surface area contributed by atoms with Crippen molar-refractivity contribution in [1.82, 2.24) is 0 Å². The van der Waals surface area contributed by atoms with E-state index in [1.54, 1.807) is 48.5 Å². The number of esters is 1. The van der Waals surface area contributed by atoms with Crippen molar-refractivity contribution in [3.05, 3.63) is 75.4 Å². The zero-order valence-corrected chi connectivity index (χ0v) is 15.2. The summed E-state index contributed by atoms with van der Waals surface area (Å²) in [5, 5.41) is 21.3. The number of nitrogens with zero attached hydrogens (tertiary/aromatic N) is 1. The molecule has 0 unspecified atom stereocenters. The molecule has 132 valence electrons. The minimum absolute atomic E-state index is 0.0193. The van der Waals surface area contributed by atoms with E-state index in [1.165, 1.54) is 13.2 Å². The van der Waals surface area contributed by atoms with Crippen LogP contribution in [0.3, 0.4) is 0 Å². The van der Waals surface area contributed by atoms with Gasteiger partial charge in [-0.05, 0) is 36.4 Å². The van der Waals surface area contributed by atoms with Gasteiger partial charge in [0.05, 0.1) is 17.7 Å². The number of aliphatic hydroxyl groups excluding tert-OH is 1. The Morgan fingerprint density at radius 3 is 2.50 bits per heavy atom. The predicted molar refractivity (Wildman–Crippen MR) is 104 cm³/mol. The van der Waals surface area contributed by atoms with Crippen LogP contribution < -0.4 is 0 Å². The first-order valence-electron chi connectivity index (χ1n) is 7.53. The molecule has 0 aromatic heterocycles. The first kappa shape index (κ1) is 18.1. The van der Waals surface area contributed by atoms with Crippen molar-refractivity contribution in [3.8, 4) is 5.75 Å². The van der Waals surface area contributed by atoms with Gasteiger partial charge in [-0.25, -0.2) is 9.79 Å². The molecule has 0 radical (unpaired) electrons. The smallest absolute Gasteiger partial charge is 0.344 e. The number of para-hydroxylation sites is 1. The van der Waals surface area contributed by atoms with Crippen LogP contribution in [0.25, 0.3) is 6.08 Å². The highest BCUT2D eigenvalue weighted by molar-refractivity contribution is 8.18. The number of methoxy groups -OCH3 is 1. The summed E-state index contributed by atoms with van der Waals surface area (Å²) in [6.45, 7) is 0. The quantitative estimate of drug-likeness (QED) is 0.736. The molecule has 0 amide bonds. The minimum atomic E-state index is -0.691. The van der Waals surface area contributed by atoms with E-state index < -0.39 is 5.97 Å². The summed E-state index contributed by atoms with van der Waals surface area (Å²) in [5.41, 5.74) is 1.07. The molecular formula is C19H14ClNO4S. The lowest BCUT2D eigenvalue weighted by Gasteiger charge is -2.02. The fraction of sp³-hybridized carbons (Fsp3) is 0.0526. The molecule has 2 aromatic rings. The maximum absolute atomic E-state index is 12.1. The molecular weight excluding hydrogens is 374 g/mol. The van der Waals surface area contributed by atoms with Crippen LogP contribution >= 0.6 is 23.4 Å². The number of halogens is 1. The van der Waals surface area contributed by atoms with E-state index in [-0.39, 0.29) is 17.1 Å². The van der Waals surface area contributed by atoms with Gasteiger partial charge >= 0.3 is 5.97 Å². The van der Waals surface area contributed by atoms with Crippen LogP contribution in [0, 0.1) is 0 Å². The maximum atomic E-state index is 12.1. The fourth-order valence-electron chi connectivity index (χ4n) is 2.27. The summed E-state index contributed by atoms with van der Waals surface area (Å²) in [7, 11) is 1.23. The average molecular weight is 388 g/mol. The van der Waals surface area contributed by atoms with Crippen LogP contribution in [-0.2, 0) is 9.53 Å². The van der Waals surface area contributed by atoms with E-state index in [0.29, 0.717) is 26.2 Å². The number of phenolic OH excluding ortho intramolecular Hbond substituents is 1. The third kappa shape index (κ3) is 3.76. The Kier molecular flexibility index (Phi) is 5.35. The number of aliphatic imine (C=N–C) groups is 1. The van der Waals surface area contributed by atoms with E-state index >= 15 is 0 Å². The van der Waals surface area contributed by atoms with Gasteiger partial charge in [0.15, 0.2) is 0 Å². The Morgan fingerprint density at radius 2 is 1.85 bits per heavy atom. The van der Waals surface area contributed by atoms with Crippen molar-refractivity contribution in [2.24, 2.45) is 4.99 Å². The number of aromatic hydroxyl groups is 1. The van der Waals surface area contributed by atoms with Gasteiger partial charge in [0.1, 0.15) is 22.1 Å². The molecule has 3 rings (SSSR count). The van der Waals surface area contributed by atoms with E-state index in [0.717, 1.165) is 11.8 Å². The second kappa shape index (κ2) is 7.68. The lowest BCUT2D eigenvalue weighted by Crippen LogP contribution is -2.10. The molecule has 1 heterocycles. The lowest BCUT2D eigenvalue weighted by atomic mass is 10.1. The third-order valence-electron chi connectivity index (χ3n) is 3.56. The maximum Gasteiger partial charge on any atom is 0.344 e. The topological polar surface area (TPSA) is 79.1 Å². The van der Waals surface area contributed by atoms with Crippen molar-refractivity contribution < 1.29 is 19.7 Å². The van der Waals surface area contributed by atoms with Gasteiger partial charge in [-0.3, -0.25) is 0 Å². The van der Waals surface area contributed by atoms with Crippen LogP contribution in [0.5, 0.6) is 5.75 Å².